The van der Waals surface area contributed by atoms with Crippen molar-refractivity contribution in [2.45, 2.75) is 13.3 Å². The summed E-state index contributed by atoms with van der Waals surface area (Å²) in [5, 5.41) is 25.9. The largest absolute Gasteiger partial charge is 0.438 e. The first-order valence-corrected chi connectivity index (χ1v) is 8.21. The van der Waals surface area contributed by atoms with Gasteiger partial charge in [0.25, 0.3) is 5.49 Å². The third-order valence-corrected chi connectivity index (χ3v) is 3.95. The van der Waals surface area contributed by atoms with Crippen LogP contribution in [0.2, 0.25) is 5.02 Å². The second-order valence-electron chi connectivity index (χ2n) is 5.68. The van der Waals surface area contributed by atoms with E-state index in [1.807, 2.05) is 31.2 Å². The highest BCUT2D eigenvalue weighted by Crippen LogP contribution is 2.14. The molecule has 0 radical (unpaired) electrons. The Balaban J connectivity index is 1.96. The van der Waals surface area contributed by atoms with Crippen LogP contribution in [0, 0.1) is 17.0 Å². The van der Waals surface area contributed by atoms with Gasteiger partial charge in [-0.3, -0.25) is 4.99 Å². The minimum Gasteiger partial charge on any atom is -0.409 e. The Labute approximate surface area is 153 Å². The summed E-state index contributed by atoms with van der Waals surface area (Å²) in [5.41, 5.74) is 2.34. The van der Waals surface area contributed by atoms with Crippen LogP contribution in [0.4, 0.5) is 5.82 Å². The first-order valence-electron chi connectivity index (χ1n) is 7.83. The average molecular weight is 374 g/mol. The SMILES string of the molecule is Cc1cccc(CCN=c2c([N+](=O)[O-])nn(-c3cccc(Cl)c3)n2O)c1. The maximum Gasteiger partial charge on any atom is 0.438 e. The quantitative estimate of drug-likeness (QED) is 0.422. The summed E-state index contributed by atoms with van der Waals surface area (Å²) in [6, 6.07) is 14.4. The fourth-order valence-corrected chi connectivity index (χ4v) is 2.72. The summed E-state index contributed by atoms with van der Waals surface area (Å²) in [6.45, 7) is 2.26. The van der Waals surface area contributed by atoms with Gasteiger partial charge in [-0.25, -0.2) is 0 Å². The van der Waals surface area contributed by atoms with Crippen LogP contribution < -0.4 is 5.49 Å². The lowest BCUT2D eigenvalue weighted by molar-refractivity contribution is -0.391. The first kappa shape index (κ1) is 17.7. The van der Waals surface area contributed by atoms with E-state index in [4.69, 9.17) is 11.6 Å². The number of aromatic nitrogens is 3. The molecule has 3 aromatic rings. The molecule has 0 fully saturated rings. The minimum absolute atomic E-state index is 0.220. The molecule has 3 rings (SSSR count). The molecule has 134 valence electrons. The van der Waals surface area contributed by atoms with Crippen LogP contribution in [-0.2, 0) is 6.42 Å². The van der Waals surface area contributed by atoms with Gasteiger partial charge in [0.2, 0.25) is 0 Å². The fourth-order valence-electron chi connectivity index (χ4n) is 2.53. The highest BCUT2D eigenvalue weighted by atomic mass is 35.5. The molecule has 8 nitrogen and oxygen atoms in total. The summed E-state index contributed by atoms with van der Waals surface area (Å²) >= 11 is 5.93. The van der Waals surface area contributed by atoms with E-state index in [-0.39, 0.29) is 12.0 Å². The van der Waals surface area contributed by atoms with E-state index < -0.39 is 10.7 Å². The Bertz CT molecular complexity index is 1030. The van der Waals surface area contributed by atoms with Gasteiger partial charge in [-0.05, 0) is 46.8 Å². The summed E-state index contributed by atoms with van der Waals surface area (Å²) in [6.07, 6.45) is 0.585. The van der Waals surface area contributed by atoms with Crippen molar-refractivity contribution in [1.29, 1.82) is 0 Å². The Kier molecular flexibility index (Phi) is 5.04. The standard InChI is InChI=1S/C17H16ClN5O3/c1-12-4-2-5-13(10-12)8-9-19-16-17(23(25)26)20-21(22(16)24)15-7-3-6-14(18)11-15/h2-7,10-11,24H,8-9H2,1H3. The third-order valence-electron chi connectivity index (χ3n) is 3.71. The predicted octanol–water partition coefficient (Wildman–Crippen LogP) is 2.92. The molecule has 0 atom stereocenters. The zero-order chi connectivity index (χ0) is 18.7. The molecule has 0 saturated heterocycles. The van der Waals surface area contributed by atoms with Gasteiger partial charge in [0.1, 0.15) is 5.69 Å². The molecule has 1 heterocycles. The van der Waals surface area contributed by atoms with Crippen molar-refractivity contribution in [1.82, 2.24) is 14.7 Å². The second kappa shape index (κ2) is 7.40. The van der Waals surface area contributed by atoms with Gasteiger partial charge >= 0.3 is 5.82 Å². The monoisotopic (exact) mass is 373 g/mol. The number of hydrogen-bond acceptors (Lipinski definition) is 5. The van der Waals surface area contributed by atoms with Crippen molar-refractivity contribution in [3.05, 3.63) is 80.3 Å². The number of aryl methyl sites for hydroxylation is 1. The smallest absolute Gasteiger partial charge is 0.409 e. The van der Waals surface area contributed by atoms with Crippen molar-refractivity contribution < 1.29 is 10.1 Å². The number of hydrogen-bond donors (Lipinski definition) is 1. The van der Waals surface area contributed by atoms with E-state index in [2.05, 4.69) is 10.1 Å². The van der Waals surface area contributed by atoms with E-state index >= 15 is 0 Å². The van der Waals surface area contributed by atoms with Crippen molar-refractivity contribution in [2.75, 3.05) is 6.54 Å². The van der Waals surface area contributed by atoms with Crippen LogP contribution in [0.1, 0.15) is 11.1 Å². The Morgan fingerprint density at radius 2 is 2.04 bits per heavy atom. The maximum absolute atomic E-state index is 11.3. The zero-order valence-electron chi connectivity index (χ0n) is 13.9. The highest BCUT2D eigenvalue weighted by Gasteiger charge is 2.23. The molecule has 1 N–H and O–H groups in total. The van der Waals surface area contributed by atoms with E-state index in [0.717, 1.165) is 15.9 Å². The number of nitrogens with zero attached hydrogens (tertiary/aromatic N) is 5. The zero-order valence-corrected chi connectivity index (χ0v) is 14.7. The van der Waals surface area contributed by atoms with Gasteiger partial charge in [-0.15, -0.1) is 0 Å². The molecule has 0 saturated carbocycles. The van der Waals surface area contributed by atoms with E-state index in [9.17, 15) is 15.3 Å². The Morgan fingerprint density at radius 3 is 2.73 bits per heavy atom. The predicted molar refractivity (Wildman–Crippen MR) is 95.7 cm³/mol. The number of halogens is 1. The lowest BCUT2D eigenvalue weighted by atomic mass is 10.1. The van der Waals surface area contributed by atoms with Crippen LogP contribution in [0.5, 0.6) is 0 Å². The molecule has 26 heavy (non-hydrogen) atoms. The molecule has 0 bridgehead atoms. The fraction of sp³-hybridized carbons (Fsp3) is 0.176. The van der Waals surface area contributed by atoms with Crippen LogP contribution >= 0.6 is 11.6 Å². The number of rotatable bonds is 5. The summed E-state index contributed by atoms with van der Waals surface area (Å²) in [5.74, 6) is -0.531. The van der Waals surface area contributed by atoms with Crippen molar-refractivity contribution in [3.63, 3.8) is 0 Å². The van der Waals surface area contributed by atoms with Crippen molar-refractivity contribution >= 4 is 17.4 Å². The Morgan fingerprint density at radius 1 is 1.27 bits per heavy atom. The molecule has 9 heteroatoms. The average Bonchev–Trinajstić information content (AvgIpc) is 2.92. The van der Waals surface area contributed by atoms with E-state index in [1.54, 1.807) is 18.2 Å². The van der Waals surface area contributed by atoms with Crippen LogP contribution in [0.15, 0.2) is 53.5 Å². The molecule has 2 aromatic carbocycles. The van der Waals surface area contributed by atoms with Gasteiger partial charge in [0.15, 0.2) is 0 Å². The number of benzene rings is 2. The molecule has 0 amide bonds. The van der Waals surface area contributed by atoms with Crippen LogP contribution in [-0.4, -0.2) is 31.4 Å². The maximum atomic E-state index is 11.3. The molecule has 0 aliphatic rings. The second-order valence-corrected chi connectivity index (χ2v) is 6.12. The van der Waals surface area contributed by atoms with Crippen LogP contribution in [0.3, 0.4) is 0 Å². The highest BCUT2D eigenvalue weighted by molar-refractivity contribution is 6.30. The molecule has 0 aliphatic carbocycles. The van der Waals surface area contributed by atoms with Gasteiger partial charge in [-0.1, -0.05) is 52.3 Å². The van der Waals surface area contributed by atoms with E-state index in [0.29, 0.717) is 22.0 Å². The lowest BCUT2D eigenvalue weighted by Crippen LogP contribution is -2.23. The molecular formula is C17H16ClN5O3. The summed E-state index contributed by atoms with van der Waals surface area (Å²) in [7, 11) is 0. The summed E-state index contributed by atoms with van der Waals surface area (Å²) < 4.78 is 0. The first-order chi connectivity index (χ1) is 12.5. The molecule has 0 spiro atoms. The minimum atomic E-state index is -0.681. The number of nitro groups is 1. The molecule has 1 aromatic heterocycles. The van der Waals surface area contributed by atoms with Gasteiger partial charge in [0, 0.05) is 11.6 Å². The lowest BCUT2D eigenvalue weighted by Gasteiger charge is -2.01. The molecule has 0 unspecified atom stereocenters. The van der Waals surface area contributed by atoms with Gasteiger partial charge < -0.3 is 15.3 Å². The Hall–Kier alpha value is -3.13. The summed E-state index contributed by atoms with van der Waals surface area (Å²) in [4.78, 5) is 16.3. The topological polar surface area (TPSA) is 98.5 Å². The van der Waals surface area contributed by atoms with E-state index in [1.165, 1.54) is 6.07 Å². The van der Waals surface area contributed by atoms with Crippen LogP contribution in [0.25, 0.3) is 5.69 Å². The van der Waals surface area contributed by atoms with Gasteiger partial charge in [0.05, 0.1) is 5.10 Å². The normalized spacial score (nSPS) is 11.7. The van der Waals surface area contributed by atoms with Crippen molar-refractivity contribution in [2.24, 2.45) is 4.99 Å². The van der Waals surface area contributed by atoms with Gasteiger partial charge in [-0.2, -0.15) is 0 Å². The third kappa shape index (κ3) is 3.75. The molecular weight excluding hydrogens is 358 g/mol. The molecule has 0 aliphatic heterocycles. The van der Waals surface area contributed by atoms with Crippen molar-refractivity contribution in [3.8, 4) is 5.69 Å².